The molecule has 3 N–H and O–H groups in total. The Balaban J connectivity index is 2.46. The second kappa shape index (κ2) is 7.89. The second-order valence-electron chi connectivity index (χ2n) is 7.23. The maximum absolute atomic E-state index is 10.6. The third kappa shape index (κ3) is 4.21. The van der Waals surface area contributed by atoms with Crippen LogP contribution in [0.4, 0.5) is 0 Å². The van der Waals surface area contributed by atoms with Gasteiger partial charge in [-0.15, -0.1) is 0 Å². The van der Waals surface area contributed by atoms with Crippen LogP contribution in [0.1, 0.15) is 63.5 Å². The molecule has 0 aromatic heterocycles. The number of aliphatic hydroxyl groups excluding tert-OH is 1. The van der Waals surface area contributed by atoms with Gasteiger partial charge >= 0.3 is 0 Å². The average molecular weight is 330 g/mol. The summed E-state index contributed by atoms with van der Waals surface area (Å²) in [5.74, 6) is 0.577. The Morgan fingerprint density at radius 1 is 1.33 bits per heavy atom. The lowest BCUT2D eigenvalue weighted by atomic mass is 9.71. The molecule has 1 aliphatic rings. The highest BCUT2D eigenvalue weighted by Crippen LogP contribution is 2.46. The molecule has 0 heterocycles. The van der Waals surface area contributed by atoms with Crippen molar-refractivity contribution in [2.24, 2.45) is 5.92 Å². The largest absolute Gasteiger partial charge is 0.508 e. The zero-order valence-corrected chi connectivity index (χ0v) is 15.0. The van der Waals surface area contributed by atoms with E-state index in [4.69, 9.17) is 0 Å². The minimum absolute atomic E-state index is 0.0462. The molecule has 0 saturated heterocycles. The molecule has 1 unspecified atom stereocenters. The summed E-state index contributed by atoms with van der Waals surface area (Å²) in [6.45, 7) is 10.3. The van der Waals surface area contributed by atoms with E-state index in [0.29, 0.717) is 12.8 Å². The van der Waals surface area contributed by atoms with Gasteiger partial charge in [-0.05, 0) is 63.0 Å². The first-order valence-corrected chi connectivity index (χ1v) is 8.87. The summed E-state index contributed by atoms with van der Waals surface area (Å²) in [6, 6.07) is 3.10. The molecular weight excluding hydrogens is 300 g/mol. The lowest BCUT2D eigenvalue weighted by Crippen LogP contribution is -2.21. The van der Waals surface area contributed by atoms with Crippen LogP contribution in [-0.2, 0) is 6.42 Å². The van der Waals surface area contributed by atoms with Crippen LogP contribution in [-0.4, -0.2) is 21.4 Å². The summed E-state index contributed by atoms with van der Waals surface area (Å²) >= 11 is 0. The van der Waals surface area contributed by atoms with E-state index in [1.807, 2.05) is 13.8 Å². The molecule has 24 heavy (non-hydrogen) atoms. The van der Waals surface area contributed by atoms with Gasteiger partial charge in [0.05, 0.1) is 6.10 Å². The van der Waals surface area contributed by atoms with Gasteiger partial charge in [0.25, 0.3) is 0 Å². The van der Waals surface area contributed by atoms with Crippen molar-refractivity contribution in [1.29, 1.82) is 0 Å². The number of aliphatic hydroxyl groups is 1. The van der Waals surface area contributed by atoms with E-state index in [1.54, 1.807) is 6.07 Å². The molecule has 0 aliphatic heterocycles. The van der Waals surface area contributed by atoms with Crippen molar-refractivity contribution in [3.63, 3.8) is 0 Å². The van der Waals surface area contributed by atoms with E-state index >= 15 is 0 Å². The molecule has 3 nitrogen and oxygen atoms in total. The second-order valence-corrected chi connectivity index (χ2v) is 7.23. The zero-order valence-electron chi connectivity index (χ0n) is 15.0. The molecule has 0 spiro atoms. The Hall–Kier alpha value is -1.74. The molecular formula is C21H30O3. The number of benzene rings is 1. The van der Waals surface area contributed by atoms with Crippen molar-refractivity contribution in [1.82, 2.24) is 0 Å². The van der Waals surface area contributed by atoms with Crippen LogP contribution < -0.4 is 0 Å². The smallest absolute Gasteiger partial charge is 0.123 e. The van der Waals surface area contributed by atoms with Gasteiger partial charge in [-0.3, -0.25) is 0 Å². The standard InChI is InChI=1S/C21H30O3/c1-5-6-16(22)10-15-11-17(23)12-20(24)21(15)19-9-14(4)7-8-18(19)13(2)3/h7,11-12,16,18-19,22-24H,2,5-6,8-10H2,1,3-4H3/t16?,18-,19+/m1/s1. The van der Waals surface area contributed by atoms with Crippen molar-refractivity contribution in [3.05, 3.63) is 47.1 Å². The number of hydrogen-bond acceptors (Lipinski definition) is 3. The van der Waals surface area contributed by atoms with Crippen LogP contribution >= 0.6 is 0 Å². The van der Waals surface area contributed by atoms with Crippen molar-refractivity contribution in [3.8, 4) is 11.5 Å². The Kier molecular flexibility index (Phi) is 6.11. The van der Waals surface area contributed by atoms with Crippen LogP contribution in [0.15, 0.2) is 35.9 Å². The first-order chi connectivity index (χ1) is 11.3. The number of aromatic hydroxyl groups is 2. The molecule has 0 fully saturated rings. The summed E-state index contributed by atoms with van der Waals surface area (Å²) < 4.78 is 0. The summed E-state index contributed by atoms with van der Waals surface area (Å²) in [4.78, 5) is 0. The highest BCUT2D eigenvalue weighted by Gasteiger charge is 2.31. The quantitative estimate of drug-likeness (QED) is 0.656. The van der Waals surface area contributed by atoms with E-state index in [-0.39, 0.29) is 23.3 Å². The summed E-state index contributed by atoms with van der Waals surface area (Å²) in [5, 5.41) is 30.7. The van der Waals surface area contributed by atoms with Crippen LogP contribution in [0.2, 0.25) is 0 Å². The minimum atomic E-state index is -0.460. The highest BCUT2D eigenvalue weighted by molar-refractivity contribution is 5.49. The highest BCUT2D eigenvalue weighted by atomic mass is 16.3. The molecule has 0 amide bonds. The van der Waals surface area contributed by atoms with Gasteiger partial charge < -0.3 is 15.3 Å². The van der Waals surface area contributed by atoms with E-state index in [2.05, 4.69) is 19.6 Å². The monoisotopic (exact) mass is 330 g/mol. The molecule has 0 radical (unpaired) electrons. The predicted molar refractivity (Wildman–Crippen MR) is 98.4 cm³/mol. The van der Waals surface area contributed by atoms with Gasteiger partial charge in [0.15, 0.2) is 0 Å². The van der Waals surface area contributed by atoms with Gasteiger partial charge in [0.1, 0.15) is 11.5 Å². The van der Waals surface area contributed by atoms with Crippen LogP contribution in [0.3, 0.4) is 0 Å². The third-order valence-corrected chi connectivity index (χ3v) is 5.06. The third-order valence-electron chi connectivity index (χ3n) is 5.06. The molecule has 1 aromatic carbocycles. The van der Waals surface area contributed by atoms with E-state index < -0.39 is 6.10 Å². The summed E-state index contributed by atoms with van der Waals surface area (Å²) in [5.41, 5.74) is 4.13. The van der Waals surface area contributed by atoms with E-state index in [1.165, 1.54) is 11.6 Å². The minimum Gasteiger partial charge on any atom is -0.508 e. The fourth-order valence-electron chi connectivity index (χ4n) is 3.88. The molecule has 0 bridgehead atoms. The predicted octanol–water partition coefficient (Wildman–Crippen LogP) is 4.82. The normalized spacial score (nSPS) is 22.1. The van der Waals surface area contributed by atoms with Crippen molar-refractivity contribution < 1.29 is 15.3 Å². The fourth-order valence-corrected chi connectivity index (χ4v) is 3.88. The van der Waals surface area contributed by atoms with Crippen LogP contribution in [0.25, 0.3) is 0 Å². The summed E-state index contributed by atoms with van der Waals surface area (Å²) in [6.07, 6.45) is 5.64. The van der Waals surface area contributed by atoms with Crippen LogP contribution in [0.5, 0.6) is 11.5 Å². The topological polar surface area (TPSA) is 60.7 Å². The number of phenols is 2. The molecule has 1 aromatic rings. The molecule has 0 saturated carbocycles. The fraction of sp³-hybridized carbons (Fsp3) is 0.524. The summed E-state index contributed by atoms with van der Waals surface area (Å²) in [7, 11) is 0. The molecule has 3 atom stereocenters. The number of rotatable bonds is 6. The molecule has 1 aliphatic carbocycles. The number of phenolic OH excluding ortho intramolecular Hbond substituents is 2. The maximum Gasteiger partial charge on any atom is 0.123 e. The zero-order chi connectivity index (χ0) is 17.9. The van der Waals surface area contributed by atoms with Gasteiger partial charge in [-0.25, -0.2) is 0 Å². The average Bonchev–Trinajstić information content (AvgIpc) is 2.46. The van der Waals surface area contributed by atoms with Crippen molar-refractivity contribution in [2.75, 3.05) is 0 Å². The number of hydrogen-bond donors (Lipinski definition) is 3. The Labute approximate surface area is 145 Å². The molecule has 132 valence electrons. The number of allylic oxidation sites excluding steroid dienone is 3. The lowest BCUT2D eigenvalue weighted by Gasteiger charge is -2.33. The van der Waals surface area contributed by atoms with Crippen LogP contribution in [0, 0.1) is 5.92 Å². The molecule has 2 rings (SSSR count). The SMILES string of the molecule is C=C(C)[C@H]1CC=C(C)C[C@@H]1c1c(O)cc(O)cc1CC(O)CCC. The Morgan fingerprint density at radius 2 is 2.04 bits per heavy atom. The first-order valence-electron chi connectivity index (χ1n) is 8.87. The van der Waals surface area contributed by atoms with Gasteiger partial charge in [-0.1, -0.05) is 37.1 Å². The first kappa shape index (κ1) is 18.6. The van der Waals surface area contributed by atoms with Crippen molar-refractivity contribution in [2.45, 2.75) is 64.9 Å². The van der Waals surface area contributed by atoms with E-state index in [0.717, 1.165) is 36.0 Å². The van der Waals surface area contributed by atoms with E-state index in [9.17, 15) is 15.3 Å². The molecule has 3 heteroatoms. The van der Waals surface area contributed by atoms with Gasteiger partial charge in [0.2, 0.25) is 0 Å². The lowest BCUT2D eigenvalue weighted by molar-refractivity contribution is 0.163. The van der Waals surface area contributed by atoms with Gasteiger partial charge in [-0.2, -0.15) is 0 Å². The van der Waals surface area contributed by atoms with Crippen molar-refractivity contribution >= 4 is 0 Å². The Morgan fingerprint density at radius 3 is 2.67 bits per heavy atom. The van der Waals surface area contributed by atoms with Gasteiger partial charge in [0, 0.05) is 11.6 Å². The Bertz CT molecular complexity index is 630. The maximum atomic E-state index is 10.6.